The lowest BCUT2D eigenvalue weighted by molar-refractivity contribution is 0.128. The minimum atomic E-state index is -0.126. The first kappa shape index (κ1) is 13.1. The first-order valence-electron chi connectivity index (χ1n) is 7.71. The molecular weight excluding hydrogens is 237 g/mol. The second-order valence-corrected chi connectivity index (χ2v) is 6.51. The summed E-state index contributed by atoms with van der Waals surface area (Å²) in [6.45, 7) is 3.34. The SMILES string of the molecule is CCCC1CC(CNC2CC2)(c2ccc(F)cc2)C1. The minimum Gasteiger partial charge on any atom is -0.313 e. The molecule has 1 nitrogen and oxygen atoms in total. The molecule has 0 heterocycles. The molecule has 2 heteroatoms. The van der Waals surface area contributed by atoms with Crippen LogP contribution in [-0.4, -0.2) is 12.6 Å². The topological polar surface area (TPSA) is 12.0 Å². The molecule has 0 spiro atoms. The molecule has 0 saturated heterocycles. The van der Waals surface area contributed by atoms with Gasteiger partial charge >= 0.3 is 0 Å². The molecule has 1 N–H and O–H groups in total. The van der Waals surface area contributed by atoms with Crippen LogP contribution in [0, 0.1) is 11.7 Å². The van der Waals surface area contributed by atoms with Crippen LogP contribution in [0.1, 0.15) is 51.0 Å². The third-order valence-corrected chi connectivity index (χ3v) is 4.82. The highest BCUT2D eigenvalue weighted by Gasteiger charge is 2.45. The van der Waals surface area contributed by atoms with Crippen molar-refractivity contribution in [1.82, 2.24) is 5.32 Å². The maximum Gasteiger partial charge on any atom is 0.123 e. The Morgan fingerprint density at radius 1 is 1.21 bits per heavy atom. The first-order chi connectivity index (χ1) is 9.22. The number of halogens is 1. The summed E-state index contributed by atoms with van der Waals surface area (Å²) in [6.07, 6.45) is 7.82. The summed E-state index contributed by atoms with van der Waals surface area (Å²) in [4.78, 5) is 0. The smallest absolute Gasteiger partial charge is 0.123 e. The van der Waals surface area contributed by atoms with Gasteiger partial charge in [-0.1, -0.05) is 31.9 Å². The second-order valence-electron chi connectivity index (χ2n) is 6.51. The lowest BCUT2D eigenvalue weighted by Gasteiger charge is -2.49. The van der Waals surface area contributed by atoms with Gasteiger partial charge in [0.15, 0.2) is 0 Å². The van der Waals surface area contributed by atoms with Crippen LogP contribution in [0.2, 0.25) is 0 Å². The zero-order chi connectivity index (χ0) is 13.3. The molecule has 1 aromatic carbocycles. The van der Waals surface area contributed by atoms with E-state index in [4.69, 9.17) is 0 Å². The Hall–Kier alpha value is -0.890. The summed E-state index contributed by atoms with van der Waals surface area (Å²) >= 11 is 0. The highest BCUT2D eigenvalue weighted by Crippen LogP contribution is 2.49. The van der Waals surface area contributed by atoms with Crippen LogP contribution < -0.4 is 5.32 Å². The van der Waals surface area contributed by atoms with Crippen molar-refractivity contribution in [2.24, 2.45) is 5.92 Å². The van der Waals surface area contributed by atoms with Crippen molar-refractivity contribution >= 4 is 0 Å². The van der Waals surface area contributed by atoms with Gasteiger partial charge in [0.1, 0.15) is 5.82 Å². The number of hydrogen-bond donors (Lipinski definition) is 1. The van der Waals surface area contributed by atoms with E-state index >= 15 is 0 Å². The minimum absolute atomic E-state index is 0.126. The Kier molecular flexibility index (Phi) is 3.62. The molecule has 2 fully saturated rings. The summed E-state index contributed by atoms with van der Waals surface area (Å²) in [6, 6.07) is 7.96. The summed E-state index contributed by atoms with van der Waals surface area (Å²) in [5.74, 6) is 0.745. The zero-order valence-electron chi connectivity index (χ0n) is 11.8. The fourth-order valence-corrected chi connectivity index (χ4v) is 3.57. The Balaban J connectivity index is 1.70. The molecule has 3 rings (SSSR count). The Morgan fingerprint density at radius 2 is 1.89 bits per heavy atom. The van der Waals surface area contributed by atoms with E-state index in [0.717, 1.165) is 18.5 Å². The van der Waals surface area contributed by atoms with Crippen molar-refractivity contribution in [3.05, 3.63) is 35.6 Å². The Morgan fingerprint density at radius 3 is 2.47 bits per heavy atom. The highest BCUT2D eigenvalue weighted by atomic mass is 19.1. The lowest BCUT2D eigenvalue weighted by atomic mass is 9.57. The van der Waals surface area contributed by atoms with Gasteiger partial charge < -0.3 is 5.32 Å². The van der Waals surface area contributed by atoms with E-state index in [1.54, 1.807) is 12.1 Å². The fourth-order valence-electron chi connectivity index (χ4n) is 3.57. The molecule has 2 aliphatic rings. The fraction of sp³-hybridized carbons (Fsp3) is 0.647. The molecule has 104 valence electrons. The van der Waals surface area contributed by atoms with Crippen molar-refractivity contribution in [3.63, 3.8) is 0 Å². The third kappa shape index (κ3) is 2.84. The molecule has 0 unspecified atom stereocenters. The Labute approximate surface area is 115 Å². The van der Waals surface area contributed by atoms with Gasteiger partial charge in [-0.3, -0.25) is 0 Å². The number of rotatable bonds is 6. The van der Waals surface area contributed by atoms with Gasteiger partial charge in [0, 0.05) is 18.0 Å². The average Bonchev–Trinajstić information content (AvgIpc) is 3.17. The summed E-state index contributed by atoms with van der Waals surface area (Å²) in [5, 5.41) is 3.68. The first-order valence-corrected chi connectivity index (χ1v) is 7.71. The van der Waals surface area contributed by atoms with Crippen LogP contribution in [0.15, 0.2) is 24.3 Å². The normalized spacial score (nSPS) is 30.1. The van der Waals surface area contributed by atoms with Gasteiger partial charge in [-0.2, -0.15) is 0 Å². The molecule has 0 amide bonds. The molecule has 0 radical (unpaired) electrons. The van der Waals surface area contributed by atoms with E-state index < -0.39 is 0 Å². The van der Waals surface area contributed by atoms with Gasteiger partial charge in [-0.15, -0.1) is 0 Å². The zero-order valence-corrected chi connectivity index (χ0v) is 11.8. The van der Waals surface area contributed by atoms with Crippen LogP contribution in [0.3, 0.4) is 0 Å². The number of benzene rings is 1. The molecule has 0 aromatic heterocycles. The predicted octanol–water partition coefficient (Wildman–Crippen LogP) is 4.03. The number of hydrogen-bond acceptors (Lipinski definition) is 1. The third-order valence-electron chi connectivity index (χ3n) is 4.82. The van der Waals surface area contributed by atoms with Crippen LogP contribution >= 0.6 is 0 Å². The predicted molar refractivity (Wildman–Crippen MR) is 76.7 cm³/mol. The van der Waals surface area contributed by atoms with Gasteiger partial charge in [-0.05, 0) is 49.3 Å². The second kappa shape index (κ2) is 5.24. The van der Waals surface area contributed by atoms with Crippen LogP contribution in [0.25, 0.3) is 0 Å². The van der Waals surface area contributed by atoms with Crippen molar-refractivity contribution in [3.8, 4) is 0 Å². The number of nitrogens with one attached hydrogen (secondary N) is 1. The molecule has 0 atom stereocenters. The van der Waals surface area contributed by atoms with Crippen LogP contribution in [0.4, 0.5) is 4.39 Å². The molecule has 2 aliphatic carbocycles. The highest BCUT2D eigenvalue weighted by molar-refractivity contribution is 5.30. The van der Waals surface area contributed by atoms with E-state index in [-0.39, 0.29) is 11.2 Å². The van der Waals surface area contributed by atoms with E-state index in [9.17, 15) is 4.39 Å². The monoisotopic (exact) mass is 261 g/mol. The summed E-state index contributed by atoms with van der Waals surface area (Å²) in [7, 11) is 0. The van der Waals surface area contributed by atoms with E-state index in [1.165, 1.54) is 44.1 Å². The van der Waals surface area contributed by atoms with Gasteiger partial charge in [0.05, 0.1) is 0 Å². The van der Waals surface area contributed by atoms with E-state index in [0.29, 0.717) is 0 Å². The maximum absolute atomic E-state index is 13.1. The van der Waals surface area contributed by atoms with Crippen molar-refractivity contribution in [2.75, 3.05) is 6.54 Å². The molecule has 2 saturated carbocycles. The van der Waals surface area contributed by atoms with E-state index in [1.807, 2.05) is 12.1 Å². The molecule has 0 aliphatic heterocycles. The van der Waals surface area contributed by atoms with Crippen LogP contribution in [-0.2, 0) is 5.41 Å². The maximum atomic E-state index is 13.1. The standard InChI is InChI=1S/C17H24FN/c1-2-3-13-10-17(11-13,12-19-16-8-9-16)14-4-6-15(18)7-5-14/h4-7,13,16,19H,2-3,8-12H2,1H3. The van der Waals surface area contributed by atoms with Crippen molar-refractivity contribution in [2.45, 2.75) is 56.9 Å². The quantitative estimate of drug-likeness (QED) is 0.815. The van der Waals surface area contributed by atoms with Crippen molar-refractivity contribution < 1.29 is 4.39 Å². The Bertz CT molecular complexity index is 415. The lowest BCUT2D eigenvalue weighted by Crippen LogP contribution is -2.49. The van der Waals surface area contributed by atoms with Crippen molar-refractivity contribution in [1.29, 1.82) is 0 Å². The molecule has 1 aromatic rings. The molecular formula is C17H24FN. The largest absolute Gasteiger partial charge is 0.313 e. The summed E-state index contributed by atoms with van der Waals surface area (Å²) in [5.41, 5.74) is 1.60. The van der Waals surface area contributed by atoms with Gasteiger partial charge in [-0.25, -0.2) is 4.39 Å². The average molecular weight is 261 g/mol. The van der Waals surface area contributed by atoms with Crippen LogP contribution in [0.5, 0.6) is 0 Å². The molecule has 0 bridgehead atoms. The molecule has 19 heavy (non-hydrogen) atoms. The van der Waals surface area contributed by atoms with E-state index in [2.05, 4.69) is 12.2 Å². The van der Waals surface area contributed by atoms with Gasteiger partial charge in [0.25, 0.3) is 0 Å². The van der Waals surface area contributed by atoms with Gasteiger partial charge in [0.2, 0.25) is 0 Å². The summed E-state index contributed by atoms with van der Waals surface area (Å²) < 4.78 is 13.1.